The van der Waals surface area contributed by atoms with Crippen LogP contribution in [0.1, 0.15) is 96.5 Å². The van der Waals surface area contributed by atoms with E-state index in [1.165, 1.54) is 12.1 Å². The fraction of sp³-hybridized carbons (Fsp3) is 0.724. The first-order valence-corrected chi connectivity index (χ1v) is 14.0. The molecule has 0 radical (unpaired) electrons. The monoisotopic (exact) mass is 507 g/mol. The fourth-order valence-corrected chi connectivity index (χ4v) is 4.73. The van der Waals surface area contributed by atoms with Gasteiger partial charge in [0.05, 0.1) is 18.8 Å². The van der Waals surface area contributed by atoms with Crippen molar-refractivity contribution in [2.45, 2.75) is 98.6 Å². The number of amides is 2. The van der Waals surface area contributed by atoms with E-state index in [9.17, 15) is 14.0 Å². The Morgan fingerprint density at radius 3 is 2.36 bits per heavy atom. The Labute approximate surface area is 218 Å². The fourth-order valence-electron chi connectivity index (χ4n) is 4.73. The molecule has 0 aromatic heterocycles. The first kappa shape index (κ1) is 32.0. The SMILES string of the molecule is CC.CC.CCc1cc(F)cc(C(=O)NCC2CCC(NCCC(=O)N3CCOCC3(C)C)CC2)c1. The molecule has 2 amide bonds. The summed E-state index contributed by atoms with van der Waals surface area (Å²) in [5.41, 5.74) is 0.990. The molecule has 7 heteroatoms. The highest BCUT2D eigenvalue weighted by Gasteiger charge is 2.33. The van der Waals surface area contributed by atoms with E-state index < -0.39 is 0 Å². The summed E-state index contributed by atoms with van der Waals surface area (Å²) in [4.78, 5) is 27.0. The van der Waals surface area contributed by atoms with Crippen LogP contribution in [0.15, 0.2) is 18.2 Å². The van der Waals surface area contributed by atoms with Crippen LogP contribution in [0.5, 0.6) is 0 Å². The predicted molar refractivity (Wildman–Crippen MR) is 146 cm³/mol. The van der Waals surface area contributed by atoms with Gasteiger partial charge in [-0.1, -0.05) is 34.6 Å². The van der Waals surface area contributed by atoms with Crippen molar-refractivity contribution in [3.8, 4) is 0 Å². The van der Waals surface area contributed by atoms with Gasteiger partial charge >= 0.3 is 0 Å². The van der Waals surface area contributed by atoms with Crippen LogP contribution < -0.4 is 10.6 Å². The van der Waals surface area contributed by atoms with Gasteiger partial charge < -0.3 is 20.3 Å². The molecule has 1 heterocycles. The zero-order chi connectivity index (χ0) is 27.1. The van der Waals surface area contributed by atoms with Gasteiger partial charge in [0.15, 0.2) is 0 Å². The molecule has 0 spiro atoms. The van der Waals surface area contributed by atoms with E-state index in [2.05, 4.69) is 24.5 Å². The number of carbonyl (C=O) groups is 2. The van der Waals surface area contributed by atoms with Gasteiger partial charge in [0.1, 0.15) is 5.82 Å². The van der Waals surface area contributed by atoms with Crippen molar-refractivity contribution < 1.29 is 18.7 Å². The van der Waals surface area contributed by atoms with E-state index >= 15 is 0 Å². The number of carbonyl (C=O) groups excluding carboxylic acids is 2. The normalized spacial score (nSPS) is 20.8. The average molecular weight is 508 g/mol. The Hall–Kier alpha value is -1.99. The van der Waals surface area contributed by atoms with Crippen molar-refractivity contribution >= 4 is 11.8 Å². The number of benzene rings is 1. The second-order valence-electron chi connectivity index (χ2n) is 9.74. The highest BCUT2D eigenvalue weighted by molar-refractivity contribution is 5.94. The first-order valence-electron chi connectivity index (χ1n) is 14.0. The van der Waals surface area contributed by atoms with Gasteiger partial charge in [-0.05, 0) is 75.6 Å². The lowest BCUT2D eigenvalue weighted by molar-refractivity contribution is -0.146. The highest BCUT2D eigenvalue weighted by Crippen LogP contribution is 2.24. The topological polar surface area (TPSA) is 70.7 Å². The average Bonchev–Trinajstić information content (AvgIpc) is 2.89. The summed E-state index contributed by atoms with van der Waals surface area (Å²) in [6.07, 6.45) is 5.35. The second kappa shape index (κ2) is 16.7. The van der Waals surface area contributed by atoms with E-state index in [-0.39, 0.29) is 23.2 Å². The van der Waals surface area contributed by atoms with Crippen LogP contribution in [0, 0.1) is 11.7 Å². The van der Waals surface area contributed by atoms with Crippen molar-refractivity contribution in [3.63, 3.8) is 0 Å². The van der Waals surface area contributed by atoms with Crippen LogP contribution in [-0.2, 0) is 16.0 Å². The molecule has 0 atom stereocenters. The summed E-state index contributed by atoms with van der Waals surface area (Å²) < 4.78 is 19.2. The first-order chi connectivity index (χ1) is 17.3. The van der Waals surface area contributed by atoms with Crippen LogP contribution >= 0.6 is 0 Å². The number of aryl methyl sites for hydroxylation is 1. The summed E-state index contributed by atoms with van der Waals surface area (Å²) >= 11 is 0. The minimum Gasteiger partial charge on any atom is -0.377 e. The number of morpholine rings is 1. The van der Waals surface area contributed by atoms with E-state index in [1.54, 1.807) is 6.07 Å². The Balaban J connectivity index is 0.00000154. The summed E-state index contributed by atoms with van der Waals surface area (Å²) in [7, 11) is 0. The number of nitrogens with zero attached hydrogens (tertiary/aromatic N) is 1. The zero-order valence-electron chi connectivity index (χ0n) is 23.7. The van der Waals surface area contributed by atoms with Gasteiger partial charge in [-0.15, -0.1) is 0 Å². The molecule has 2 fully saturated rings. The maximum atomic E-state index is 13.7. The van der Waals surface area contributed by atoms with Crippen molar-refractivity contribution in [3.05, 3.63) is 35.1 Å². The van der Waals surface area contributed by atoms with Crippen molar-refractivity contribution in [1.82, 2.24) is 15.5 Å². The smallest absolute Gasteiger partial charge is 0.251 e. The molecule has 0 unspecified atom stereocenters. The molecule has 6 nitrogen and oxygen atoms in total. The van der Waals surface area contributed by atoms with Crippen LogP contribution in [0.2, 0.25) is 0 Å². The van der Waals surface area contributed by atoms with Gasteiger partial charge in [0.2, 0.25) is 5.91 Å². The Morgan fingerprint density at radius 2 is 1.75 bits per heavy atom. The van der Waals surface area contributed by atoms with Gasteiger partial charge in [-0.2, -0.15) is 0 Å². The van der Waals surface area contributed by atoms with E-state index in [4.69, 9.17) is 4.74 Å². The van der Waals surface area contributed by atoms with Gasteiger partial charge in [0, 0.05) is 37.7 Å². The Morgan fingerprint density at radius 1 is 1.08 bits per heavy atom. The molecular formula is C29H50FN3O3. The molecule has 1 aromatic rings. The minimum atomic E-state index is -0.364. The van der Waals surface area contributed by atoms with E-state index in [1.807, 2.05) is 39.5 Å². The summed E-state index contributed by atoms with van der Waals surface area (Å²) in [6.45, 7) is 17.2. The van der Waals surface area contributed by atoms with Crippen LogP contribution in [0.25, 0.3) is 0 Å². The maximum Gasteiger partial charge on any atom is 0.251 e. The van der Waals surface area contributed by atoms with Gasteiger partial charge in [-0.25, -0.2) is 4.39 Å². The number of halogens is 1. The molecule has 1 aliphatic carbocycles. The quantitative estimate of drug-likeness (QED) is 0.498. The number of nitrogens with one attached hydrogen (secondary N) is 2. The third-order valence-corrected chi connectivity index (χ3v) is 6.74. The van der Waals surface area contributed by atoms with E-state index in [0.29, 0.717) is 63.2 Å². The third kappa shape index (κ3) is 10.2. The Kier molecular flexibility index (Phi) is 14.9. The number of ether oxygens (including phenoxy) is 1. The third-order valence-electron chi connectivity index (χ3n) is 6.74. The molecule has 1 saturated heterocycles. The molecule has 206 valence electrons. The molecule has 1 aliphatic heterocycles. The highest BCUT2D eigenvalue weighted by atomic mass is 19.1. The lowest BCUT2D eigenvalue weighted by atomic mass is 9.86. The molecule has 3 rings (SSSR count). The summed E-state index contributed by atoms with van der Waals surface area (Å²) in [5.74, 6) is 0.0542. The van der Waals surface area contributed by atoms with Crippen LogP contribution in [-0.4, -0.2) is 61.1 Å². The molecule has 2 aliphatic rings. The zero-order valence-corrected chi connectivity index (χ0v) is 23.7. The largest absolute Gasteiger partial charge is 0.377 e. The maximum absolute atomic E-state index is 13.7. The predicted octanol–water partition coefficient (Wildman–Crippen LogP) is 5.35. The van der Waals surface area contributed by atoms with Gasteiger partial charge in [-0.3, -0.25) is 9.59 Å². The lowest BCUT2D eigenvalue weighted by Gasteiger charge is -2.42. The molecule has 1 saturated carbocycles. The molecule has 2 N–H and O–H groups in total. The summed E-state index contributed by atoms with van der Waals surface area (Å²) in [6, 6.07) is 4.95. The Bertz CT molecular complexity index is 792. The van der Waals surface area contributed by atoms with Crippen molar-refractivity contribution in [1.29, 1.82) is 0 Å². The standard InChI is InChI=1S/C25H38FN3O3.2C2H6/c1-4-18-13-20(15-21(26)14-18)24(31)28-16-19-5-7-22(8-6-19)27-10-9-23(30)29-11-12-32-17-25(29,2)3;2*1-2/h13-15,19,22,27H,4-12,16-17H2,1-3H3,(H,28,31);2*1-2H3. The molecule has 0 bridgehead atoms. The lowest BCUT2D eigenvalue weighted by Crippen LogP contribution is -2.55. The van der Waals surface area contributed by atoms with Gasteiger partial charge in [0.25, 0.3) is 5.91 Å². The number of hydrogen-bond donors (Lipinski definition) is 2. The van der Waals surface area contributed by atoms with Crippen LogP contribution in [0.3, 0.4) is 0 Å². The second-order valence-corrected chi connectivity index (χ2v) is 9.74. The summed E-state index contributed by atoms with van der Waals surface area (Å²) in [5, 5.41) is 6.52. The van der Waals surface area contributed by atoms with Crippen molar-refractivity contribution in [2.75, 3.05) is 32.8 Å². The molecule has 1 aromatic carbocycles. The number of hydrogen-bond acceptors (Lipinski definition) is 4. The minimum absolute atomic E-state index is 0.186. The van der Waals surface area contributed by atoms with E-state index in [0.717, 1.165) is 31.2 Å². The molecule has 36 heavy (non-hydrogen) atoms. The molecular weight excluding hydrogens is 457 g/mol. The van der Waals surface area contributed by atoms with Crippen molar-refractivity contribution in [2.24, 2.45) is 5.92 Å². The van der Waals surface area contributed by atoms with Crippen LogP contribution in [0.4, 0.5) is 4.39 Å². The number of rotatable bonds is 8.